The Hall–Kier alpha value is -5.92. The van der Waals surface area contributed by atoms with Crippen molar-refractivity contribution in [2.45, 2.75) is 66.7 Å². The zero-order valence-electron chi connectivity index (χ0n) is 36.6. The number of hydrogen-bond donors (Lipinski definition) is 10. The molecule has 0 unspecified atom stereocenters. The van der Waals surface area contributed by atoms with Gasteiger partial charge in [0.25, 0.3) is 5.91 Å². The molecule has 5 rings (SSSR count). The number of para-hydroxylation sites is 4. The summed E-state index contributed by atoms with van der Waals surface area (Å²) in [6.45, 7) is 13.8. The molecule has 5 aromatic carbocycles. The van der Waals surface area contributed by atoms with E-state index in [1.165, 1.54) is 5.56 Å². The largest absolute Gasteiger partial charge is 0.508 e. The number of aryl methyl sites for hydroxylation is 1. The molecule has 5 aromatic rings. The average molecular weight is 847 g/mol. The Bertz CT molecular complexity index is 2020. The number of carbonyl (C=O) groups is 2. The molecule has 62 heavy (non-hydrogen) atoms. The second-order valence-electron chi connectivity index (χ2n) is 16.4. The molecule has 0 heterocycles. The fourth-order valence-corrected chi connectivity index (χ4v) is 6.74. The van der Waals surface area contributed by atoms with Gasteiger partial charge in [-0.2, -0.15) is 0 Å². The van der Waals surface area contributed by atoms with Crippen molar-refractivity contribution >= 4 is 11.8 Å². The fraction of sp³-hybridized carbons (Fsp3) is 0.360. The van der Waals surface area contributed by atoms with E-state index in [-0.39, 0.29) is 45.6 Å². The van der Waals surface area contributed by atoms with Crippen LogP contribution in [0, 0.1) is 10.8 Å². The number of nitrogens with one attached hydrogen (secondary N) is 6. The molecule has 12 heteroatoms. The van der Waals surface area contributed by atoms with Gasteiger partial charge in [-0.15, -0.1) is 0 Å². The van der Waals surface area contributed by atoms with E-state index in [9.17, 15) is 30.0 Å². The molecular formula is C50H66N6O6. The van der Waals surface area contributed by atoms with Crippen molar-refractivity contribution in [3.05, 3.63) is 155 Å². The van der Waals surface area contributed by atoms with Crippen molar-refractivity contribution < 1.29 is 30.0 Å². The third-order valence-electron chi connectivity index (χ3n) is 10.8. The molecule has 10 N–H and O–H groups in total. The molecule has 0 fully saturated rings. The molecule has 2 amide bonds. The van der Waals surface area contributed by atoms with E-state index in [4.69, 9.17) is 0 Å². The van der Waals surface area contributed by atoms with E-state index < -0.39 is 0 Å². The Balaban J connectivity index is 0.000000278. The fourth-order valence-electron chi connectivity index (χ4n) is 6.74. The summed E-state index contributed by atoms with van der Waals surface area (Å²) in [6, 6.07) is 36.7. The Kier molecular flexibility index (Phi) is 19.7. The lowest BCUT2D eigenvalue weighted by Gasteiger charge is -2.31. The molecule has 332 valence electrons. The number of hydrogen-bond acceptors (Lipinski definition) is 10. The standard InChI is InChI=1S/C28H35N3O3.C22H31N3O3/c1-3-21-12-14-22(15-13-21)27(34)31-20-28(2,18-29-16-23-8-4-6-10-25(23)32)19-30-17-24-9-5-7-11-26(24)33;1-3-21(28)25-16-22(2,14-23-12-17-8-4-6-10-19(17)26)15-24-13-18-9-5-7-11-20(18)27/h4-15,29-30,32-33H,3,16-20H2,1-2H3,(H,31,34);4-11,23-24,26-27H,3,12-16H2,1-2H3,(H,25,28). The van der Waals surface area contributed by atoms with Gasteiger partial charge in [0, 0.05) is 111 Å². The number of phenols is 4. The third kappa shape index (κ3) is 16.5. The highest BCUT2D eigenvalue weighted by atomic mass is 16.3. The molecule has 12 nitrogen and oxygen atoms in total. The molecule has 0 radical (unpaired) electrons. The number of benzene rings is 5. The Morgan fingerprint density at radius 2 is 0.774 bits per heavy atom. The Labute approximate surface area is 367 Å². The smallest absolute Gasteiger partial charge is 0.251 e. The minimum Gasteiger partial charge on any atom is -0.508 e. The molecule has 0 spiro atoms. The van der Waals surface area contributed by atoms with Crippen LogP contribution in [0.4, 0.5) is 0 Å². The molecular weight excluding hydrogens is 781 g/mol. The van der Waals surface area contributed by atoms with Crippen LogP contribution < -0.4 is 31.9 Å². The summed E-state index contributed by atoms with van der Waals surface area (Å²) in [5, 5.41) is 59.6. The molecule has 0 bridgehead atoms. The lowest BCUT2D eigenvalue weighted by molar-refractivity contribution is -0.121. The van der Waals surface area contributed by atoms with E-state index in [2.05, 4.69) is 52.7 Å². The van der Waals surface area contributed by atoms with Crippen LogP contribution in [0.15, 0.2) is 121 Å². The predicted molar refractivity (Wildman–Crippen MR) is 247 cm³/mol. The van der Waals surface area contributed by atoms with Crippen LogP contribution in [-0.4, -0.2) is 71.5 Å². The van der Waals surface area contributed by atoms with Crippen molar-refractivity contribution in [1.82, 2.24) is 31.9 Å². The summed E-state index contributed by atoms with van der Waals surface area (Å²) in [5.41, 5.74) is 4.62. The maximum atomic E-state index is 12.8. The zero-order valence-corrected chi connectivity index (χ0v) is 36.6. The first-order valence-electron chi connectivity index (χ1n) is 21.4. The van der Waals surface area contributed by atoms with Crippen molar-refractivity contribution in [2.24, 2.45) is 10.8 Å². The number of rotatable bonds is 23. The topological polar surface area (TPSA) is 187 Å². The van der Waals surface area contributed by atoms with Gasteiger partial charge >= 0.3 is 0 Å². The van der Waals surface area contributed by atoms with Crippen LogP contribution in [0.3, 0.4) is 0 Å². The summed E-state index contributed by atoms with van der Waals surface area (Å²) in [6.07, 6.45) is 1.39. The molecule has 0 atom stereocenters. The number of amides is 2. The minimum absolute atomic E-state index is 0.0210. The predicted octanol–water partition coefficient (Wildman–Crippen LogP) is 6.49. The SMILES string of the molecule is CCC(=O)NCC(C)(CNCc1ccccc1O)CNCc1ccccc1O.CCc1ccc(C(=O)NCC(C)(CNCc2ccccc2O)CNCc2ccccc2O)cc1. The van der Waals surface area contributed by atoms with Gasteiger partial charge in [0.05, 0.1) is 0 Å². The van der Waals surface area contributed by atoms with Gasteiger partial charge in [-0.1, -0.05) is 113 Å². The first-order valence-corrected chi connectivity index (χ1v) is 21.4. The molecule has 0 aliphatic rings. The van der Waals surface area contributed by atoms with Gasteiger partial charge in [0.2, 0.25) is 5.91 Å². The van der Waals surface area contributed by atoms with Gasteiger partial charge in [0.15, 0.2) is 0 Å². The van der Waals surface area contributed by atoms with Crippen molar-refractivity contribution in [3.8, 4) is 23.0 Å². The summed E-state index contributed by atoms with van der Waals surface area (Å²) in [7, 11) is 0. The second kappa shape index (κ2) is 25.1. The van der Waals surface area contributed by atoms with Crippen molar-refractivity contribution in [1.29, 1.82) is 0 Å². The normalized spacial score (nSPS) is 11.4. The van der Waals surface area contributed by atoms with Crippen LogP contribution in [0.5, 0.6) is 23.0 Å². The average Bonchev–Trinajstić information content (AvgIpc) is 3.28. The maximum Gasteiger partial charge on any atom is 0.251 e. The summed E-state index contributed by atoms with van der Waals surface area (Å²) < 4.78 is 0. The molecule has 0 aliphatic carbocycles. The second-order valence-corrected chi connectivity index (χ2v) is 16.4. The quantitative estimate of drug-likeness (QED) is 0.0349. The highest BCUT2D eigenvalue weighted by Gasteiger charge is 2.26. The Morgan fingerprint density at radius 3 is 1.08 bits per heavy atom. The summed E-state index contributed by atoms with van der Waals surface area (Å²) >= 11 is 0. The van der Waals surface area contributed by atoms with E-state index in [1.54, 1.807) is 48.5 Å². The third-order valence-corrected chi connectivity index (χ3v) is 10.8. The number of phenolic OH excluding ortho intramolecular Hbond substituents is 4. The lowest BCUT2D eigenvalue weighted by atomic mass is 9.89. The lowest BCUT2D eigenvalue weighted by Crippen LogP contribution is -2.47. The first kappa shape index (κ1) is 48.7. The molecule has 0 aromatic heterocycles. The highest BCUT2D eigenvalue weighted by molar-refractivity contribution is 5.94. The first-order chi connectivity index (χ1) is 29.8. The van der Waals surface area contributed by atoms with Crippen LogP contribution in [0.2, 0.25) is 0 Å². The van der Waals surface area contributed by atoms with Crippen molar-refractivity contribution in [3.63, 3.8) is 0 Å². The van der Waals surface area contributed by atoms with Gasteiger partial charge < -0.3 is 52.3 Å². The van der Waals surface area contributed by atoms with Gasteiger partial charge in [-0.05, 0) is 48.4 Å². The van der Waals surface area contributed by atoms with E-state index >= 15 is 0 Å². The number of carbonyl (C=O) groups excluding carboxylic acids is 2. The van der Waals surface area contributed by atoms with E-state index in [0.717, 1.165) is 28.7 Å². The highest BCUT2D eigenvalue weighted by Crippen LogP contribution is 2.21. The van der Waals surface area contributed by atoms with E-state index in [0.29, 0.717) is 77.4 Å². The van der Waals surface area contributed by atoms with Crippen LogP contribution in [0.1, 0.15) is 72.3 Å². The van der Waals surface area contributed by atoms with Crippen LogP contribution >= 0.6 is 0 Å². The van der Waals surface area contributed by atoms with Gasteiger partial charge in [0.1, 0.15) is 23.0 Å². The maximum absolute atomic E-state index is 12.8. The zero-order chi connectivity index (χ0) is 44.8. The molecule has 0 saturated heterocycles. The Morgan fingerprint density at radius 1 is 0.452 bits per heavy atom. The summed E-state index contributed by atoms with van der Waals surface area (Å²) in [4.78, 5) is 24.5. The minimum atomic E-state index is -0.312. The van der Waals surface area contributed by atoms with Gasteiger partial charge in [-0.3, -0.25) is 9.59 Å². The van der Waals surface area contributed by atoms with Crippen LogP contribution in [0.25, 0.3) is 0 Å². The monoisotopic (exact) mass is 847 g/mol. The van der Waals surface area contributed by atoms with Crippen molar-refractivity contribution in [2.75, 3.05) is 39.3 Å². The van der Waals surface area contributed by atoms with Crippen LogP contribution in [-0.2, 0) is 37.4 Å². The molecule has 0 aliphatic heterocycles. The number of aromatic hydroxyl groups is 4. The van der Waals surface area contributed by atoms with Gasteiger partial charge in [-0.25, -0.2) is 0 Å². The van der Waals surface area contributed by atoms with E-state index in [1.807, 2.05) is 79.7 Å². The molecule has 0 saturated carbocycles. The summed E-state index contributed by atoms with van der Waals surface area (Å²) in [5.74, 6) is 0.988.